The molecule has 4 aromatic rings. The Morgan fingerprint density at radius 1 is 1.06 bits per heavy atom. The number of thiophene rings is 1. The first-order valence-corrected chi connectivity index (χ1v) is 12.6. The van der Waals surface area contributed by atoms with E-state index in [1.807, 2.05) is 48.0 Å². The molecule has 2 heterocycles. The van der Waals surface area contributed by atoms with Crippen molar-refractivity contribution in [3.63, 3.8) is 0 Å². The highest BCUT2D eigenvalue weighted by molar-refractivity contribution is 7.89. The minimum Gasteiger partial charge on any atom is -0.315 e. The SMILES string of the molecule is C[C@H](CNCCc1ccccc1)NS(=O)(=O)c1ccc2cncc(-c3ccsc3)c2c1. The smallest absolute Gasteiger partial charge is 0.240 e. The van der Waals surface area contributed by atoms with Crippen molar-refractivity contribution in [3.8, 4) is 11.1 Å². The summed E-state index contributed by atoms with van der Waals surface area (Å²) in [6.07, 6.45) is 4.45. The lowest BCUT2D eigenvalue weighted by Crippen LogP contribution is -2.40. The minimum atomic E-state index is -3.63. The van der Waals surface area contributed by atoms with E-state index in [1.165, 1.54) is 5.56 Å². The standard InChI is InChI=1S/C24H25N3O2S2/c1-18(14-25-11-9-19-5-3-2-4-6-19)27-31(28,29)22-8-7-20-15-26-16-24(23(20)13-22)21-10-12-30-17-21/h2-8,10,12-13,15-18,25,27H,9,11,14H2,1H3/t18-/m1/s1. The number of fused-ring (bicyclic) bond motifs is 1. The fraction of sp³-hybridized carbons (Fsp3) is 0.208. The zero-order valence-corrected chi connectivity index (χ0v) is 18.9. The molecule has 0 saturated carbocycles. The first-order chi connectivity index (χ1) is 15.0. The van der Waals surface area contributed by atoms with E-state index < -0.39 is 10.0 Å². The summed E-state index contributed by atoms with van der Waals surface area (Å²) < 4.78 is 28.8. The summed E-state index contributed by atoms with van der Waals surface area (Å²) in [5.41, 5.74) is 3.24. The molecular formula is C24H25N3O2S2. The van der Waals surface area contributed by atoms with Gasteiger partial charge in [0, 0.05) is 35.9 Å². The van der Waals surface area contributed by atoms with Gasteiger partial charge < -0.3 is 5.32 Å². The monoisotopic (exact) mass is 451 g/mol. The van der Waals surface area contributed by atoms with Gasteiger partial charge in [0.15, 0.2) is 0 Å². The zero-order valence-electron chi connectivity index (χ0n) is 17.3. The van der Waals surface area contributed by atoms with E-state index in [0.717, 1.165) is 34.9 Å². The van der Waals surface area contributed by atoms with E-state index in [1.54, 1.807) is 35.9 Å². The number of hydrogen-bond acceptors (Lipinski definition) is 5. The minimum absolute atomic E-state index is 0.231. The quantitative estimate of drug-likeness (QED) is 0.369. The van der Waals surface area contributed by atoms with E-state index in [0.29, 0.717) is 6.54 Å². The van der Waals surface area contributed by atoms with Crippen LogP contribution in [0, 0.1) is 0 Å². The lowest BCUT2D eigenvalue weighted by molar-refractivity contribution is 0.537. The van der Waals surface area contributed by atoms with Crippen LogP contribution >= 0.6 is 11.3 Å². The summed E-state index contributed by atoms with van der Waals surface area (Å²) >= 11 is 1.60. The summed E-state index contributed by atoms with van der Waals surface area (Å²) in [4.78, 5) is 4.57. The first kappa shape index (κ1) is 21.6. The number of rotatable bonds is 9. The van der Waals surface area contributed by atoms with Crippen molar-refractivity contribution in [2.24, 2.45) is 0 Å². The third-order valence-corrected chi connectivity index (χ3v) is 7.39. The highest BCUT2D eigenvalue weighted by Gasteiger charge is 2.18. The van der Waals surface area contributed by atoms with Crippen LogP contribution in [0.2, 0.25) is 0 Å². The molecule has 0 aliphatic rings. The van der Waals surface area contributed by atoms with Gasteiger partial charge in [-0.15, -0.1) is 0 Å². The van der Waals surface area contributed by atoms with Gasteiger partial charge in [0.25, 0.3) is 0 Å². The number of benzene rings is 2. The molecule has 0 spiro atoms. The molecule has 2 aromatic carbocycles. The topological polar surface area (TPSA) is 71.1 Å². The van der Waals surface area contributed by atoms with E-state index in [2.05, 4.69) is 27.2 Å². The highest BCUT2D eigenvalue weighted by Crippen LogP contribution is 2.30. The maximum Gasteiger partial charge on any atom is 0.240 e. The van der Waals surface area contributed by atoms with E-state index >= 15 is 0 Å². The number of nitrogens with zero attached hydrogens (tertiary/aromatic N) is 1. The van der Waals surface area contributed by atoms with Crippen molar-refractivity contribution in [3.05, 3.63) is 83.3 Å². The van der Waals surface area contributed by atoms with Gasteiger partial charge in [-0.25, -0.2) is 13.1 Å². The number of hydrogen-bond donors (Lipinski definition) is 2. The van der Waals surface area contributed by atoms with Crippen LogP contribution in [0.15, 0.2) is 82.6 Å². The van der Waals surface area contributed by atoms with Crippen molar-refractivity contribution in [2.75, 3.05) is 13.1 Å². The van der Waals surface area contributed by atoms with Gasteiger partial charge in [-0.2, -0.15) is 11.3 Å². The third-order valence-electron chi connectivity index (χ3n) is 5.11. The van der Waals surface area contributed by atoms with Gasteiger partial charge in [-0.3, -0.25) is 4.98 Å². The van der Waals surface area contributed by atoms with Crippen molar-refractivity contribution in [1.29, 1.82) is 0 Å². The Hall–Kier alpha value is -2.58. The van der Waals surface area contributed by atoms with Crippen molar-refractivity contribution < 1.29 is 8.42 Å². The first-order valence-electron chi connectivity index (χ1n) is 10.2. The van der Waals surface area contributed by atoms with Gasteiger partial charge in [0.1, 0.15) is 0 Å². The molecule has 2 N–H and O–H groups in total. The third kappa shape index (κ3) is 5.37. The molecule has 1 atom stereocenters. The molecule has 0 unspecified atom stereocenters. The Balaban J connectivity index is 1.43. The number of nitrogens with one attached hydrogen (secondary N) is 2. The van der Waals surface area contributed by atoms with Crippen LogP contribution < -0.4 is 10.0 Å². The summed E-state index contributed by atoms with van der Waals surface area (Å²) in [7, 11) is -3.63. The largest absolute Gasteiger partial charge is 0.315 e. The van der Waals surface area contributed by atoms with Crippen LogP contribution in [0.5, 0.6) is 0 Å². The molecule has 160 valence electrons. The number of pyridine rings is 1. The second kappa shape index (κ2) is 9.70. The Kier molecular flexibility index (Phi) is 6.77. The lowest BCUT2D eigenvalue weighted by Gasteiger charge is -2.16. The molecule has 4 rings (SSSR count). The molecule has 7 heteroatoms. The highest BCUT2D eigenvalue weighted by atomic mass is 32.2. The van der Waals surface area contributed by atoms with Gasteiger partial charge in [-0.05, 0) is 65.4 Å². The van der Waals surface area contributed by atoms with Gasteiger partial charge in [0.2, 0.25) is 10.0 Å². The van der Waals surface area contributed by atoms with Gasteiger partial charge in [-0.1, -0.05) is 36.4 Å². The summed E-state index contributed by atoms with van der Waals surface area (Å²) in [6.45, 7) is 3.22. The molecule has 0 radical (unpaired) electrons. The fourth-order valence-corrected chi connectivity index (χ4v) is 5.45. The number of aromatic nitrogens is 1. The summed E-state index contributed by atoms with van der Waals surface area (Å²) in [6, 6.07) is 17.2. The molecule has 0 fully saturated rings. The molecule has 31 heavy (non-hydrogen) atoms. The van der Waals surface area contributed by atoms with Crippen LogP contribution in [0.1, 0.15) is 12.5 Å². The van der Waals surface area contributed by atoms with E-state index in [-0.39, 0.29) is 10.9 Å². The maximum absolute atomic E-state index is 13.0. The molecule has 0 aliphatic carbocycles. The Labute approximate surface area is 187 Å². The average Bonchev–Trinajstić information content (AvgIpc) is 3.31. The average molecular weight is 452 g/mol. The molecule has 0 saturated heterocycles. The van der Waals surface area contributed by atoms with Crippen LogP contribution in [0.4, 0.5) is 0 Å². The normalized spacial score (nSPS) is 12.8. The number of sulfonamides is 1. The second-order valence-electron chi connectivity index (χ2n) is 7.54. The molecule has 0 bridgehead atoms. The Morgan fingerprint density at radius 2 is 1.90 bits per heavy atom. The van der Waals surface area contributed by atoms with Crippen LogP contribution in [-0.2, 0) is 16.4 Å². The van der Waals surface area contributed by atoms with Crippen LogP contribution in [-0.4, -0.2) is 32.5 Å². The summed E-state index contributed by atoms with van der Waals surface area (Å²) in [5, 5.41) is 9.17. The maximum atomic E-state index is 13.0. The fourth-order valence-electron chi connectivity index (χ4n) is 3.53. The predicted molar refractivity (Wildman–Crippen MR) is 128 cm³/mol. The zero-order chi connectivity index (χ0) is 21.7. The van der Waals surface area contributed by atoms with Crippen LogP contribution in [0.25, 0.3) is 21.9 Å². The Morgan fingerprint density at radius 3 is 2.68 bits per heavy atom. The molecule has 5 nitrogen and oxygen atoms in total. The molecule has 0 aliphatic heterocycles. The van der Waals surface area contributed by atoms with Crippen molar-refractivity contribution >= 4 is 32.1 Å². The Bertz CT molecular complexity index is 1240. The van der Waals surface area contributed by atoms with Crippen LogP contribution in [0.3, 0.4) is 0 Å². The van der Waals surface area contributed by atoms with E-state index in [4.69, 9.17) is 0 Å². The summed E-state index contributed by atoms with van der Waals surface area (Å²) in [5.74, 6) is 0. The predicted octanol–water partition coefficient (Wildman–Crippen LogP) is 4.46. The molecule has 2 aromatic heterocycles. The lowest BCUT2D eigenvalue weighted by atomic mass is 10.0. The second-order valence-corrected chi connectivity index (χ2v) is 10.0. The molecular weight excluding hydrogens is 426 g/mol. The van der Waals surface area contributed by atoms with Crippen molar-refractivity contribution in [1.82, 2.24) is 15.0 Å². The van der Waals surface area contributed by atoms with Gasteiger partial charge in [0.05, 0.1) is 4.90 Å². The van der Waals surface area contributed by atoms with E-state index in [9.17, 15) is 8.42 Å². The molecule has 0 amide bonds. The van der Waals surface area contributed by atoms with Crippen molar-refractivity contribution in [2.45, 2.75) is 24.3 Å². The van der Waals surface area contributed by atoms with Gasteiger partial charge >= 0.3 is 0 Å².